The molecule has 0 saturated heterocycles. The Balaban J connectivity index is 1.83. The van der Waals surface area contributed by atoms with E-state index in [1.165, 1.54) is 21.2 Å². The molecule has 0 fully saturated rings. The van der Waals surface area contributed by atoms with E-state index in [1.54, 1.807) is 13.1 Å². The summed E-state index contributed by atoms with van der Waals surface area (Å²) in [5, 5.41) is 6.66. The average molecular weight is 437 g/mol. The number of rotatable bonds is 10. The van der Waals surface area contributed by atoms with E-state index < -0.39 is 10.0 Å². The molecule has 8 heteroatoms. The van der Waals surface area contributed by atoms with Gasteiger partial charge in [-0.05, 0) is 30.0 Å². The van der Waals surface area contributed by atoms with Gasteiger partial charge in [-0.1, -0.05) is 51.1 Å². The van der Waals surface area contributed by atoms with Gasteiger partial charge in [0.15, 0.2) is 5.96 Å². The second-order valence-corrected chi connectivity index (χ2v) is 10.1. The van der Waals surface area contributed by atoms with Crippen molar-refractivity contribution in [3.8, 4) is 0 Å². The summed E-state index contributed by atoms with van der Waals surface area (Å²) in [5.41, 5.74) is 1.29. The molecule has 0 spiro atoms. The van der Waals surface area contributed by atoms with Crippen LogP contribution in [0, 0.1) is 0 Å². The zero-order chi connectivity index (χ0) is 21.3. The smallest absolute Gasteiger partial charge is 0.252 e. The van der Waals surface area contributed by atoms with Gasteiger partial charge >= 0.3 is 0 Å². The van der Waals surface area contributed by atoms with Crippen LogP contribution in [-0.2, 0) is 16.4 Å². The maximum atomic E-state index is 12.6. The topological polar surface area (TPSA) is 73.8 Å². The summed E-state index contributed by atoms with van der Waals surface area (Å²) in [4.78, 5) is 5.31. The second kappa shape index (κ2) is 11.3. The van der Waals surface area contributed by atoms with Crippen LogP contribution in [0.3, 0.4) is 0 Å². The lowest BCUT2D eigenvalue weighted by Gasteiger charge is -2.17. The first-order valence-corrected chi connectivity index (χ1v) is 12.3. The van der Waals surface area contributed by atoms with E-state index in [1.807, 2.05) is 26.0 Å². The van der Waals surface area contributed by atoms with Crippen LogP contribution in [-0.4, -0.2) is 51.9 Å². The lowest BCUT2D eigenvalue weighted by atomic mass is 10.0. The van der Waals surface area contributed by atoms with Crippen molar-refractivity contribution in [1.82, 2.24) is 14.9 Å². The predicted molar refractivity (Wildman–Crippen MR) is 122 cm³/mol. The van der Waals surface area contributed by atoms with Crippen molar-refractivity contribution >= 4 is 27.3 Å². The standard InChI is InChI=1S/C21H32N4O2S2/c1-5-25(6-2)29(26,27)20-13-12-19(28-20)14-15-23-21(22-4)24-16-17(3)18-10-8-7-9-11-18/h7-13,17H,5-6,14-16H2,1-4H3,(H2,22,23,24). The Bertz CT molecular complexity index is 875. The zero-order valence-electron chi connectivity index (χ0n) is 17.7. The van der Waals surface area contributed by atoms with Gasteiger partial charge < -0.3 is 10.6 Å². The number of thiophene rings is 1. The normalized spacial score (nSPS) is 13.5. The maximum absolute atomic E-state index is 12.6. The highest BCUT2D eigenvalue weighted by atomic mass is 32.2. The fraction of sp³-hybridized carbons (Fsp3) is 0.476. The number of nitrogens with zero attached hydrogens (tertiary/aromatic N) is 2. The van der Waals surface area contributed by atoms with Crippen molar-refractivity contribution in [2.24, 2.45) is 4.99 Å². The third-order valence-corrected chi connectivity index (χ3v) is 8.43. The van der Waals surface area contributed by atoms with Crippen molar-refractivity contribution < 1.29 is 8.42 Å². The van der Waals surface area contributed by atoms with Gasteiger partial charge in [-0.3, -0.25) is 4.99 Å². The largest absolute Gasteiger partial charge is 0.356 e. The number of hydrogen-bond acceptors (Lipinski definition) is 4. The van der Waals surface area contributed by atoms with E-state index in [4.69, 9.17) is 0 Å². The number of hydrogen-bond donors (Lipinski definition) is 2. The molecule has 1 atom stereocenters. The Labute approximate surface area is 179 Å². The summed E-state index contributed by atoms with van der Waals surface area (Å²) in [6.07, 6.45) is 0.743. The maximum Gasteiger partial charge on any atom is 0.252 e. The van der Waals surface area contributed by atoms with Crippen molar-refractivity contribution in [2.75, 3.05) is 33.2 Å². The van der Waals surface area contributed by atoms with Crippen molar-refractivity contribution in [1.29, 1.82) is 0 Å². The number of benzene rings is 1. The van der Waals surface area contributed by atoms with Gasteiger partial charge in [0.25, 0.3) is 10.0 Å². The number of nitrogens with one attached hydrogen (secondary N) is 2. The molecule has 0 saturated carbocycles. The lowest BCUT2D eigenvalue weighted by molar-refractivity contribution is 0.447. The quantitative estimate of drug-likeness (QED) is 0.443. The highest BCUT2D eigenvalue weighted by Gasteiger charge is 2.23. The first-order valence-electron chi connectivity index (χ1n) is 10.0. The summed E-state index contributed by atoms with van der Waals surface area (Å²) in [5.74, 6) is 1.13. The second-order valence-electron chi connectivity index (χ2n) is 6.75. The Kier molecular flexibility index (Phi) is 9.13. The van der Waals surface area contributed by atoms with Crippen molar-refractivity contribution in [3.63, 3.8) is 0 Å². The number of guanidine groups is 1. The third-order valence-electron chi connectivity index (χ3n) is 4.77. The van der Waals surface area contributed by atoms with E-state index in [2.05, 4.69) is 46.8 Å². The Hall–Kier alpha value is -1.90. The van der Waals surface area contributed by atoms with E-state index in [9.17, 15) is 8.42 Å². The SMILES string of the molecule is CCN(CC)S(=O)(=O)c1ccc(CCNC(=NC)NCC(C)c2ccccc2)s1. The molecular formula is C21H32N4O2S2. The summed E-state index contributed by atoms with van der Waals surface area (Å²) in [6, 6.07) is 14.0. The minimum Gasteiger partial charge on any atom is -0.356 e. The van der Waals surface area contributed by atoms with Gasteiger partial charge in [0.1, 0.15) is 4.21 Å². The molecule has 1 aromatic heterocycles. The van der Waals surface area contributed by atoms with E-state index in [0.29, 0.717) is 29.8 Å². The molecule has 1 unspecified atom stereocenters. The fourth-order valence-corrected chi connectivity index (χ4v) is 5.96. The van der Waals surface area contributed by atoms with Gasteiger partial charge in [-0.15, -0.1) is 11.3 Å². The molecule has 1 heterocycles. The summed E-state index contributed by atoms with van der Waals surface area (Å²) in [6.45, 7) is 8.33. The van der Waals surface area contributed by atoms with Crippen LogP contribution in [0.1, 0.15) is 37.1 Å². The van der Waals surface area contributed by atoms with E-state index in [-0.39, 0.29) is 0 Å². The Morgan fingerprint density at radius 2 is 1.79 bits per heavy atom. The molecule has 0 aliphatic rings. The molecule has 6 nitrogen and oxygen atoms in total. The molecule has 0 aliphatic carbocycles. The fourth-order valence-electron chi connectivity index (χ4n) is 3.00. The van der Waals surface area contributed by atoms with Crippen LogP contribution in [0.5, 0.6) is 0 Å². The van der Waals surface area contributed by atoms with E-state index in [0.717, 1.165) is 23.8 Å². The van der Waals surface area contributed by atoms with Gasteiger partial charge in [-0.25, -0.2) is 8.42 Å². The summed E-state index contributed by atoms with van der Waals surface area (Å²) < 4.78 is 27.1. The minimum atomic E-state index is -3.38. The molecule has 0 aliphatic heterocycles. The Morgan fingerprint density at radius 1 is 1.10 bits per heavy atom. The molecular weight excluding hydrogens is 404 g/mol. The summed E-state index contributed by atoms with van der Waals surface area (Å²) in [7, 11) is -1.62. The number of sulfonamides is 1. The first-order chi connectivity index (χ1) is 13.9. The molecule has 0 amide bonds. The van der Waals surface area contributed by atoms with E-state index >= 15 is 0 Å². The van der Waals surface area contributed by atoms with Gasteiger partial charge in [0.2, 0.25) is 0 Å². The van der Waals surface area contributed by atoms with Gasteiger partial charge in [0, 0.05) is 38.1 Å². The van der Waals surface area contributed by atoms with Gasteiger partial charge in [-0.2, -0.15) is 4.31 Å². The highest BCUT2D eigenvalue weighted by Crippen LogP contribution is 2.25. The molecule has 160 valence electrons. The summed E-state index contributed by atoms with van der Waals surface area (Å²) >= 11 is 1.34. The predicted octanol–water partition coefficient (Wildman–Crippen LogP) is 3.29. The molecule has 2 aromatic rings. The van der Waals surface area contributed by atoms with Crippen LogP contribution >= 0.6 is 11.3 Å². The minimum absolute atomic E-state index is 0.375. The number of aliphatic imine (C=N–C) groups is 1. The van der Waals surface area contributed by atoms with Crippen molar-refractivity contribution in [2.45, 2.75) is 37.3 Å². The van der Waals surface area contributed by atoms with Crippen molar-refractivity contribution in [3.05, 3.63) is 52.9 Å². The zero-order valence-corrected chi connectivity index (χ0v) is 19.3. The Morgan fingerprint density at radius 3 is 2.41 bits per heavy atom. The molecule has 0 radical (unpaired) electrons. The monoisotopic (exact) mass is 436 g/mol. The van der Waals surface area contributed by atoms with Crippen LogP contribution in [0.25, 0.3) is 0 Å². The highest BCUT2D eigenvalue weighted by molar-refractivity contribution is 7.91. The molecule has 1 aromatic carbocycles. The molecule has 2 rings (SSSR count). The van der Waals surface area contributed by atoms with Crippen LogP contribution in [0.2, 0.25) is 0 Å². The van der Waals surface area contributed by atoms with Crippen LogP contribution < -0.4 is 10.6 Å². The third kappa shape index (κ3) is 6.55. The molecule has 29 heavy (non-hydrogen) atoms. The lowest BCUT2D eigenvalue weighted by Crippen LogP contribution is -2.39. The van der Waals surface area contributed by atoms with Crippen LogP contribution in [0.4, 0.5) is 0 Å². The van der Waals surface area contributed by atoms with Crippen LogP contribution in [0.15, 0.2) is 51.7 Å². The average Bonchev–Trinajstić information content (AvgIpc) is 3.21. The van der Waals surface area contributed by atoms with Gasteiger partial charge in [0.05, 0.1) is 0 Å². The first kappa shape index (κ1) is 23.4. The molecule has 0 bridgehead atoms. The molecule has 2 N–H and O–H groups in total.